The Morgan fingerprint density at radius 3 is 2.92 bits per heavy atom. The Morgan fingerprint density at radius 1 is 1.24 bits per heavy atom. The maximum Gasteiger partial charge on any atom is 0.184 e. The number of hydrogen-bond acceptors (Lipinski definition) is 7. The molecule has 126 valence electrons. The Hall–Kier alpha value is -1.74. The average molecular weight is 404 g/mol. The summed E-state index contributed by atoms with van der Waals surface area (Å²) in [6.07, 6.45) is 0. The average Bonchev–Trinajstić information content (AvgIpc) is 3.34. The minimum atomic E-state index is 0.699. The van der Waals surface area contributed by atoms with E-state index in [9.17, 15) is 0 Å². The Morgan fingerprint density at radius 2 is 2.12 bits per heavy atom. The van der Waals surface area contributed by atoms with Crippen LogP contribution in [0.3, 0.4) is 0 Å². The van der Waals surface area contributed by atoms with E-state index in [1.807, 2.05) is 46.5 Å². The fraction of sp³-hybridized carbons (Fsp3) is 0.118. The molecule has 0 N–H and O–H groups in total. The Bertz CT molecular complexity index is 1050. The quantitative estimate of drug-likeness (QED) is 0.303. The highest BCUT2D eigenvalue weighted by Crippen LogP contribution is 2.30. The van der Waals surface area contributed by atoms with Crippen LogP contribution < -0.4 is 0 Å². The smallest absolute Gasteiger partial charge is 0.184 e. The van der Waals surface area contributed by atoms with Crippen molar-refractivity contribution in [3.63, 3.8) is 0 Å². The first-order valence-corrected chi connectivity index (χ1v) is 10.6. The predicted molar refractivity (Wildman–Crippen MR) is 106 cm³/mol. The normalized spacial score (nSPS) is 11.1. The summed E-state index contributed by atoms with van der Waals surface area (Å²) >= 11 is 10.3. The van der Waals surface area contributed by atoms with E-state index in [0.717, 1.165) is 35.9 Å². The lowest BCUT2D eigenvalue weighted by molar-refractivity contribution is 0.427. The summed E-state index contributed by atoms with van der Waals surface area (Å²) in [6, 6.07) is 14.1. The van der Waals surface area contributed by atoms with Crippen LogP contribution in [0.4, 0.5) is 0 Å². The molecule has 1 aromatic carbocycles. The Kier molecular flexibility index (Phi) is 4.85. The van der Waals surface area contributed by atoms with Gasteiger partial charge in [-0.2, -0.15) is 0 Å². The van der Waals surface area contributed by atoms with Gasteiger partial charge in [0.05, 0.1) is 16.3 Å². The van der Waals surface area contributed by atoms with E-state index in [1.165, 1.54) is 11.3 Å². The molecule has 0 spiro atoms. The molecular formula is C17H13N3OS4. The summed E-state index contributed by atoms with van der Waals surface area (Å²) in [7, 11) is 0. The summed E-state index contributed by atoms with van der Waals surface area (Å²) < 4.78 is 8.92. The Labute approximate surface area is 162 Å². The monoisotopic (exact) mass is 403 g/mol. The molecule has 3 aromatic heterocycles. The third-order valence-electron chi connectivity index (χ3n) is 3.54. The van der Waals surface area contributed by atoms with Gasteiger partial charge in [-0.05, 0) is 42.2 Å². The van der Waals surface area contributed by atoms with Crippen LogP contribution in [-0.4, -0.2) is 14.9 Å². The first kappa shape index (κ1) is 16.7. The Balaban J connectivity index is 1.50. The lowest BCUT2D eigenvalue weighted by Gasteiger charge is -2.03. The zero-order valence-electron chi connectivity index (χ0n) is 13.2. The lowest BCUT2D eigenvalue weighted by atomic mass is 10.2. The standard InChI is InChI=1S/C17H13N3OS4/c1-11-5-2-3-6-13(11)20-17(22)25-16(18-20)24-10-12-9-14(21-19-12)15-7-4-8-23-15/h2-9H,10H2,1H3. The van der Waals surface area contributed by atoms with Crippen molar-refractivity contribution in [2.75, 3.05) is 0 Å². The van der Waals surface area contributed by atoms with Gasteiger partial charge in [0, 0.05) is 11.8 Å². The van der Waals surface area contributed by atoms with E-state index in [1.54, 1.807) is 23.1 Å². The molecule has 0 amide bonds. The second-order valence-corrected chi connectivity index (χ2v) is 9.07. The molecule has 0 atom stereocenters. The van der Waals surface area contributed by atoms with Gasteiger partial charge in [0.15, 0.2) is 14.1 Å². The van der Waals surface area contributed by atoms with Gasteiger partial charge in [0.1, 0.15) is 0 Å². The molecule has 0 unspecified atom stereocenters. The number of rotatable bonds is 5. The molecule has 25 heavy (non-hydrogen) atoms. The molecule has 0 radical (unpaired) electrons. The third-order valence-corrected chi connectivity index (χ3v) is 6.82. The van der Waals surface area contributed by atoms with Gasteiger partial charge >= 0.3 is 0 Å². The lowest BCUT2D eigenvalue weighted by Crippen LogP contribution is -1.98. The maximum atomic E-state index is 5.48. The largest absolute Gasteiger partial charge is 0.355 e. The van der Waals surface area contributed by atoms with E-state index < -0.39 is 0 Å². The van der Waals surface area contributed by atoms with Gasteiger partial charge in [-0.25, -0.2) is 4.68 Å². The third kappa shape index (κ3) is 3.62. The van der Waals surface area contributed by atoms with Crippen molar-refractivity contribution >= 4 is 46.7 Å². The summed E-state index contributed by atoms with van der Waals surface area (Å²) in [5, 5.41) is 10.8. The van der Waals surface area contributed by atoms with Crippen LogP contribution in [-0.2, 0) is 5.75 Å². The van der Waals surface area contributed by atoms with E-state index in [2.05, 4.69) is 23.2 Å². The minimum absolute atomic E-state index is 0.699. The topological polar surface area (TPSA) is 43.9 Å². The van der Waals surface area contributed by atoms with Crippen LogP contribution in [0.2, 0.25) is 0 Å². The number of aryl methyl sites for hydroxylation is 1. The van der Waals surface area contributed by atoms with E-state index in [0.29, 0.717) is 5.75 Å². The van der Waals surface area contributed by atoms with E-state index in [-0.39, 0.29) is 0 Å². The van der Waals surface area contributed by atoms with Crippen LogP contribution in [0.15, 0.2) is 56.7 Å². The van der Waals surface area contributed by atoms with Gasteiger partial charge in [-0.3, -0.25) is 0 Å². The highest BCUT2D eigenvalue weighted by Gasteiger charge is 2.11. The molecule has 0 aliphatic heterocycles. The molecule has 0 saturated heterocycles. The molecule has 3 heterocycles. The van der Waals surface area contributed by atoms with Crippen molar-refractivity contribution < 1.29 is 4.52 Å². The van der Waals surface area contributed by atoms with Gasteiger partial charge in [-0.1, -0.05) is 52.5 Å². The second-order valence-electron chi connectivity index (χ2n) is 5.28. The highest BCUT2D eigenvalue weighted by atomic mass is 32.2. The molecule has 0 aliphatic carbocycles. The van der Waals surface area contributed by atoms with Crippen LogP contribution in [0.25, 0.3) is 16.3 Å². The predicted octanol–water partition coefficient (Wildman–Crippen LogP) is 5.98. The number of para-hydroxylation sites is 1. The molecule has 0 bridgehead atoms. The number of aromatic nitrogens is 3. The van der Waals surface area contributed by atoms with Crippen molar-refractivity contribution in [3.8, 4) is 16.3 Å². The van der Waals surface area contributed by atoms with Gasteiger partial charge in [0.2, 0.25) is 0 Å². The van der Waals surface area contributed by atoms with Gasteiger partial charge in [0.25, 0.3) is 0 Å². The van der Waals surface area contributed by atoms with Crippen molar-refractivity contribution in [2.45, 2.75) is 17.0 Å². The zero-order chi connectivity index (χ0) is 17.2. The summed E-state index contributed by atoms with van der Waals surface area (Å²) in [5.74, 6) is 1.51. The molecule has 0 saturated carbocycles. The fourth-order valence-corrected chi connectivity index (χ4v) is 5.22. The molecule has 0 aliphatic rings. The van der Waals surface area contributed by atoms with Crippen molar-refractivity contribution in [1.29, 1.82) is 0 Å². The van der Waals surface area contributed by atoms with Crippen LogP contribution >= 0.6 is 46.7 Å². The van der Waals surface area contributed by atoms with Gasteiger partial charge in [-0.15, -0.1) is 16.4 Å². The SMILES string of the molecule is Cc1ccccc1-n1nc(SCc2cc(-c3cccs3)on2)sc1=S. The summed E-state index contributed by atoms with van der Waals surface area (Å²) in [6.45, 7) is 2.06. The summed E-state index contributed by atoms with van der Waals surface area (Å²) in [5.41, 5.74) is 3.08. The van der Waals surface area contributed by atoms with Crippen LogP contribution in [0, 0.1) is 10.9 Å². The first-order valence-electron chi connectivity index (χ1n) is 7.49. The number of benzene rings is 1. The molecular weight excluding hydrogens is 390 g/mol. The molecule has 0 fully saturated rings. The van der Waals surface area contributed by atoms with E-state index in [4.69, 9.17) is 16.7 Å². The molecule has 4 rings (SSSR count). The van der Waals surface area contributed by atoms with Crippen LogP contribution in [0.1, 0.15) is 11.3 Å². The number of hydrogen-bond donors (Lipinski definition) is 0. The summed E-state index contributed by atoms with van der Waals surface area (Å²) in [4.78, 5) is 1.09. The second kappa shape index (κ2) is 7.25. The number of thiophene rings is 1. The maximum absolute atomic E-state index is 5.48. The number of thioether (sulfide) groups is 1. The van der Waals surface area contributed by atoms with E-state index >= 15 is 0 Å². The fourth-order valence-electron chi connectivity index (χ4n) is 2.32. The van der Waals surface area contributed by atoms with Crippen molar-refractivity contribution in [3.05, 3.63) is 63.1 Å². The van der Waals surface area contributed by atoms with Crippen molar-refractivity contribution in [2.24, 2.45) is 0 Å². The molecule has 4 nitrogen and oxygen atoms in total. The zero-order valence-corrected chi connectivity index (χ0v) is 16.5. The highest BCUT2D eigenvalue weighted by molar-refractivity contribution is 8.00. The first-order chi connectivity index (χ1) is 12.2. The number of nitrogens with zero attached hydrogens (tertiary/aromatic N) is 3. The van der Waals surface area contributed by atoms with Gasteiger partial charge < -0.3 is 4.52 Å². The molecule has 8 heteroatoms. The minimum Gasteiger partial charge on any atom is -0.355 e. The van der Waals surface area contributed by atoms with Crippen molar-refractivity contribution in [1.82, 2.24) is 14.9 Å². The van der Waals surface area contributed by atoms with Crippen LogP contribution in [0.5, 0.6) is 0 Å². The molecule has 4 aromatic rings.